The molecule has 7 heteroatoms. The Kier molecular flexibility index (Phi) is 5.61. The number of benzene rings is 4. The van der Waals surface area contributed by atoms with Gasteiger partial charge in [0.15, 0.2) is 5.78 Å². The van der Waals surface area contributed by atoms with Crippen LogP contribution in [0.25, 0.3) is 6.08 Å². The molecule has 2 N–H and O–H groups in total. The van der Waals surface area contributed by atoms with Crippen molar-refractivity contribution in [2.45, 2.75) is 17.5 Å². The molecule has 0 aromatic heterocycles. The van der Waals surface area contributed by atoms with Crippen molar-refractivity contribution in [1.82, 2.24) is 0 Å². The Morgan fingerprint density at radius 1 is 0.850 bits per heavy atom. The number of rotatable bonds is 4. The number of fused-ring (bicyclic) bond motifs is 6. The maximum absolute atomic E-state index is 14.6. The Morgan fingerprint density at radius 3 is 2.35 bits per heavy atom. The number of amides is 2. The number of nitrogens with one attached hydrogen (secondary N) is 2. The SMILES string of the molecule is O=C(Nc1ccccc1)[C@@H]1[C@H](C(=O)c2ccc(Cl)cc2)[C@]2(C(=O)Nc3ccccc32)[C@@H]2C=Cc3ccccc3N12. The van der Waals surface area contributed by atoms with E-state index >= 15 is 0 Å². The first-order valence-electron chi connectivity index (χ1n) is 13.1. The van der Waals surface area contributed by atoms with Crippen molar-refractivity contribution in [3.63, 3.8) is 0 Å². The number of anilines is 3. The van der Waals surface area contributed by atoms with Crippen molar-refractivity contribution >= 4 is 52.3 Å². The molecule has 4 atom stereocenters. The maximum atomic E-state index is 14.6. The molecule has 1 spiro atoms. The molecule has 0 bridgehead atoms. The van der Waals surface area contributed by atoms with Crippen molar-refractivity contribution in [2.24, 2.45) is 5.92 Å². The number of nitrogens with zero attached hydrogens (tertiary/aromatic N) is 1. The lowest BCUT2D eigenvalue weighted by molar-refractivity contribution is -0.122. The van der Waals surface area contributed by atoms with E-state index in [1.54, 1.807) is 36.4 Å². The lowest BCUT2D eigenvalue weighted by atomic mass is 9.64. The summed E-state index contributed by atoms with van der Waals surface area (Å²) in [4.78, 5) is 45.2. The first kappa shape index (κ1) is 24.4. The van der Waals surface area contributed by atoms with Crippen LogP contribution in [0.2, 0.25) is 5.02 Å². The largest absolute Gasteiger partial charge is 0.350 e. The normalized spacial score (nSPS) is 23.8. The molecule has 1 saturated heterocycles. The van der Waals surface area contributed by atoms with Crippen LogP contribution in [0, 0.1) is 5.92 Å². The van der Waals surface area contributed by atoms with Gasteiger partial charge in [0.2, 0.25) is 11.8 Å². The molecule has 3 aliphatic rings. The summed E-state index contributed by atoms with van der Waals surface area (Å²) in [5.74, 6) is -1.99. The monoisotopic (exact) mass is 545 g/mol. The van der Waals surface area contributed by atoms with E-state index in [1.165, 1.54) is 0 Å². The second-order valence-corrected chi connectivity index (χ2v) is 10.7. The molecule has 6 nitrogen and oxygen atoms in total. The summed E-state index contributed by atoms with van der Waals surface area (Å²) in [6.45, 7) is 0. The van der Waals surface area contributed by atoms with Gasteiger partial charge in [-0.25, -0.2) is 0 Å². The van der Waals surface area contributed by atoms with Crippen molar-refractivity contribution < 1.29 is 14.4 Å². The smallest absolute Gasteiger partial charge is 0.247 e. The number of carbonyl (C=O) groups excluding carboxylic acids is 3. The van der Waals surface area contributed by atoms with E-state index in [2.05, 4.69) is 10.6 Å². The Balaban J connectivity index is 1.49. The number of hydrogen-bond acceptors (Lipinski definition) is 4. The summed E-state index contributed by atoms with van der Waals surface area (Å²) in [6, 6.07) is 29.4. The molecule has 3 heterocycles. The molecule has 4 aromatic carbocycles. The van der Waals surface area contributed by atoms with Gasteiger partial charge in [-0.1, -0.05) is 78.4 Å². The minimum atomic E-state index is -1.35. The average Bonchev–Trinajstić information content (AvgIpc) is 3.46. The third-order valence-corrected chi connectivity index (χ3v) is 8.52. The quantitative estimate of drug-likeness (QED) is 0.311. The van der Waals surface area contributed by atoms with Gasteiger partial charge in [-0.05, 0) is 59.7 Å². The minimum Gasteiger partial charge on any atom is -0.350 e. The van der Waals surface area contributed by atoms with E-state index in [-0.39, 0.29) is 17.6 Å². The molecule has 0 radical (unpaired) electrons. The van der Waals surface area contributed by atoms with E-state index < -0.39 is 23.4 Å². The molecule has 0 saturated carbocycles. The van der Waals surface area contributed by atoms with Gasteiger partial charge in [-0.2, -0.15) is 0 Å². The fourth-order valence-corrected chi connectivity index (χ4v) is 6.78. The van der Waals surface area contributed by atoms with Crippen LogP contribution < -0.4 is 15.5 Å². The lowest BCUT2D eigenvalue weighted by Gasteiger charge is -2.37. The fourth-order valence-electron chi connectivity index (χ4n) is 6.65. The molecule has 4 aromatic rings. The summed E-state index contributed by atoms with van der Waals surface area (Å²) < 4.78 is 0. The van der Waals surface area contributed by atoms with Crippen LogP contribution in [0.5, 0.6) is 0 Å². The maximum Gasteiger partial charge on any atom is 0.247 e. The van der Waals surface area contributed by atoms with E-state index in [9.17, 15) is 14.4 Å². The number of para-hydroxylation sites is 3. The number of hydrogen-bond donors (Lipinski definition) is 2. The Hall–Kier alpha value is -4.68. The van der Waals surface area contributed by atoms with Crippen LogP contribution in [-0.4, -0.2) is 29.7 Å². The van der Waals surface area contributed by atoms with Gasteiger partial charge in [0.1, 0.15) is 11.5 Å². The molecule has 2 amide bonds. The van der Waals surface area contributed by atoms with Crippen molar-refractivity contribution in [1.29, 1.82) is 0 Å². The van der Waals surface area contributed by atoms with Crippen LogP contribution in [0.15, 0.2) is 109 Å². The molecule has 1 fully saturated rings. The van der Waals surface area contributed by atoms with Crippen LogP contribution in [-0.2, 0) is 15.0 Å². The zero-order valence-corrected chi connectivity index (χ0v) is 22.0. The Bertz CT molecular complexity index is 1700. The molecule has 3 aliphatic heterocycles. The molecule has 40 heavy (non-hydrogen) atoms. The average molecular weight is 546 g/mol. The molecular formula is C33H24ClN3O3. The standard InChI is InChI=1S/C33H24ClN3O3/c34-22-17-14-21(15-18-22)30(38)28-29(31(39)35-23-9-2-1-3-10-23)37-26-13-7-4-8-20(26)16-19-27(37)33(28)24-11-5-6-12-25(24)36-32(33)40/h1-19,27-29H,(H,35,39)(H,36,40)/t27-,28+,29-,33+/m0/s1. The lowest BCUT2D eigenvalue weighted by Crippen LogP contribution is -2.51. The van der Waals surface area contributed by atoms with Crippen molar-refractivity contribution in [3.8, 4) is 0 Å². The number of carbonyl (C=O) groups is 3. The molecular weight excluding hydrogens is 522 g/mol. The third kappa shape index (κ3) is 3.46. The second-order valence-electron chi connectivity index (χ2n) is 10.3. The molecule has 7 rings (SSSR count). The summed E-state index contributed by atoms with van der Waals surface area (Å²) in [6.07, 6.45) is 3.94. The topological polar surface area (TPSA) is 78.5 Å². The molecule has 196 valence electrons. The summed E-state index contributed by atoms with van der Waals surface area (Å²) in [5, 5.41) is 6.56. The molecule has 0 aliphatic carbocycles. The Labute approximate surface area is 236 Å². The van der Waals surface area contributed by atoms with Crippen molar-refractivity contribution in [2.75, 3.05) is 15.5 Å². The van der Waals surface area contributed by atoms with E-state index in [1.807, 2.05) is 83.8 Å². The predicted molar refractivity (Wildman–Crippen MR) is 157 cm³/mol. The Morgan fingerprint density at radius 2 is 1.55 bits per heavy atom. The highest BCUT2D eigenvalue weighted by Crippen LogP contribution is 2.57. The van der Waals surface area contributed by atoms with Gasteiger partial charge < -0.3 is 15.5 Å². The van der Waals surface area contributed by atoms with Gasteiger partial charge in [0.25, 0.3) is 0 Å². The van der Waals surface area contributed by atoms with Gasteiger partial charge in [-0.15, -0.1) is 0 Å². The van der Waals surface area contributed by atoms with E-state index in [0.717, 1.165) is 11.3 Å². The zero-order valence-electron chi connectivity index (χ0n) is 21.3. The van der Waals surface area contributed by atoms with Gasteiger partial charge in [0.05, 0.1) is 12.0 Å². The minimum absolute atomic E-state index is 0.294. The van der Waals surface area contributed by atoms with Gasteiger partial charge >= 0.3 is 0 Å². The van der Waals surface area contributed by atoms with Crippen molar-refractivity contribution in [3.05, 3.63) is 131 Å². The number of halogens is 1. The zero-order chi connectivity index (χ0) is 27.4. The summed E-state index contributed by atoms with van der Waals surface area (Å²) >= 11 is 6.15. The van der Waals surface area contributed by atoms with Crippen LogP contribution in [0.3, 0.4) is 0 Å². The molecule has 0 unspecified atom stereocenters. The second kappa shape index (κ2) is 9.21. The summed E-state index contributed by atoms with van der Waals surface area (Å²) in [5.41, 5.74) is 2.72. The predicted octanol–water partition coefficient (Wildman–Crippen LogP) is 5.95. The first-order chi connectivity index (χ1) is 19.5. The van der Waals surface area contributed by atoms with Crippen LogP contribution >= 0.6 is 11.6 Å². The van der Waals surface area contributed by atoms with Gasteiger partial charge in [0, 0.05) is 27.6 Å². The number of Topliss-reactive ketones (excluding diaryl/α,β-unsaturated/α-hetero) is 1. The first-order valence-corrected chi connectivity index (χ1v) is 13.5. The highest BCUT2D eigenvalue weighted by atomic mass is 35.5. The van der Waals surface area contributed by atoms with E-state index in [4.69, 9.17) is 11.6 Å². The van der Waals surface area contributed by atoms with Gasteiger partial charge in [-0.3, -0.25) is 14.4 Å². The van der Waals surface area contributed by atoms with E-state index in [0.29, 0.717) is 27.5 Å². The highest BCUT2D eigenvalue weighted by molar-refractivity contribution is 6.30. The fraction of sp³-hybridized carbons (Fsp3) is 0.121. The highest BCUT2D eigenvalue weighted by Gasteiger charge is 2.70. The number of ketones is 1. The summed E-state index contributed by atoms with van der Waals surface area (Å²) in [7, 11) is 0. The van der Waals surface area contributed by atoms with Crippen LogP contribution in [0.1, 0.15) is 21.5 Å². The van der Waals surface area contributed by atoms with Crippen LogP contribution in [0.4, 0.5) is 17.1 Å². The third-order valence-electron chi connectivity index (χ3n) is 8.26.